The summed E-state index contributed by atoms with van der Waals surface area (Å²) in [5.74, 6) is 0. The number of rotatable bonds is 5. The van der Waals surface area contributed by atoms with Gasteiger partial charge in [0.2, 0.25) is 0 Å². The minimum Gasteiger partial charge on any atom is -0.315 e. The van der Waals surface area contributed by atoms with Crippen LogP contribution in [0.2, 0.25) is 0 Å². The highest BCUT2D eigenvalue weighted by atomic mass is 15.2. The fraction of sp³-hybridized carbons (Fsp3) is 0.625. The van der Waals surface area contributed by atoms with Gasteiger partial charge in [0.25, 0.3) is 0 Å². The Morgan fingerprint density at radius 2 is 1.94 bits per heavy atom. The molecule has 0 aliphatic carbocycles. The summed E-state index contributed by atoms with van der Waals surface area (Å²) in [5.41, 5.74) is 2.89. The number of piperidine rings is 1. The molecule has 1 saturated heterocycles. The predicted octanol–water partition coefficient (Wildman–Crippen LogP) is 2.48. The molecule has 18 heavy (non-hydrogen) atoms. The van der Waals surface area contributed by atoms with Gasteiger partial charge in [0.1, 0.15) is 0 Å². The van der Waals surface area contributed by atoms with Crippen LogP contribution >= 0.6 is 0 Å². The van der Waals surface area contributed by atoms with Crippen molar-refractivity contribution in [2.75, 3.05) is 26.7 Å². The van der Waals surface area contributed by atoms with E-state index in [-0.39, 0.29) is 0 Å². The summed E-state index contributed by atoms with van der Waals surface area (Å²) in [6.07, 6.45) is 4.96. The number of nitrogens with one attached hydrogen (secondary N) is 1. The van der Waals surface area contributed by atoms with Crippen LogP contribution in [0.25, 0.3) is 0 Å². The number of aryl methyl sites for hydroxylation is 1. The van der Waals surface area contributed by atoms with Crippen molar-refractivity contribution in [1.29, 1.82) is 0 Å². The Bertz CT molecular complexity index is 339. The quantitative estimate of drug-likeness (QED) is 0.858. The zero-order valence-corrected chi connectivity index (χ0v) is 11.8. The van der Waals surface area contributed by atoms with Crippen LogP contribution in [0, 0.1) is 0 Å². The van der Waals surface area contributed by atoms with Crippen LogP contribution < -0.4 is 5.32 Å². The third-order valence-electron chi connectivity index (χ3n) is 4.08. The maximum atomic E-state index is 3.49. The van der Waals surface area contributed by atoms with Gasteiger partial charge in [-0.05, 0) is 50.4 Å². The fourth-order valence-electron chi connectivity index (χ4n) is 2.64. The molecule has 2 heteroatoms. The van der Waals surface area contributed by atoms with Crippen LogP contribution in [0.4, 0.5) is 0 Å². The first-order valence-electron chi connectivity index (χ1n) is 7.28. The highest BCUT2D eigenvalue weighted by Gasteiger charge is 2.16. The van der Waals surface area contributed by atoms with E-state index in [0.29, 0.717) is 0 Å². The second-order valence-electron chi connectivity index (χ2n) is 5.40. The molecule has 1 aromatic rings. The summed E-state index contributed by atoms with van der Waals surface area (Å²) in [6.45, 7) is 5.73. The zero-order valence-electron chi connectivity index (χ0n) is 11.8. The van der Waals surface area contributed by atoms with Gasteiger partial charge in [-0.2, -0.15) is 0 Å². The molecule has 1 atom stereocenters. The SMILES string of the molecule is CCc1ccc(CCN(C)C2CCCNC2)cc1. The van der Waals surface area contributed by atoms with Crippen molar-refractivity contribution in [3.8, 4) is 0 Å². The van der Waals surface area contributed by atoms with Crippen LogP contribution in [0.15, 0.2) is 24.3 Å². The van der Waals surface area contributed by atoms with E-state index >= 15 is 0 Å². The van der Waals surface area contributed by atoms with E-state index < -0.39 is 0 Å². The van der Waals surface area contributed by atoms with Crippen molar-refractivity contribution in [3.63, 3.8) is 0 Å². The van der Waals surface area contributed by atoms with Crippen LogP contribution in [-0.2, 0) is 12.8 Å². The number of nitrogens with zero attached hydrogens (tertiary/aromatic N) is 1. The van der Waals surface area contributed by atoms with Gasteiger partial charge in [0.05, 0.1) is 0 Å². The summed E-state index contributed by atoms with van der Waals surface area (Å²) in [4.78, 5) is 2.51. The summed E-state index contributed by atoms with van der Waals surface area (Å²) in [7, 11) is 2.26. The number of hydrogen-bond acceptors (Lipinski definition) is 2. The lowest BCUT2D eigenvalue weighted by atomic mass is 10.0. The Balaban J connectivity index is 1.78. The van der Waals surface area contributed by atoms with Gasteiger partial charge < -0.3 is 10.2 Å². The topological polar surface area (TPSA) is 15.3 Å². The van der Waals surface area contributed by atoms with Crippen LogP contribution in [-0.4, -0.2) is 37.6 Å². The van der Waals surface area contributed by atoms with Crippen LogP contribution in [0.3, 0.4) is 0 Å². The van der Waals surface area contributed by atoms with Crippen LogP contribution in [0.5, 0.6) is 0 Å². The summed E-state index contributed by atoms with van der Waals surface area (Å²) in [6, 6.07) is 9.82. The van der Waals surface area contributed by atoms with E-state index in [1.54, 1.807) is 0 Å². The molecular weight excluding hydrogens is 220 g/mol. The molecule has 1 aliphatic rings. The van der Waals surface area contributed by atoms with Crippen molar-refractivity contribution in [2.24, 2.45) is 0 Å². The van der Waals surface area contributed by atoms with Crippen molar-refractivity contribution in [1.82, 2.24) is 10.2 Å². The van der Waals surface area contributed by atoms with Gasteiger partial charge in [-0.25, -0.2) is 0 Å². The lowest BCUT2D eigenvalue weighted by molar-refractivity contribution is 0.205. The molecule has 0 aromatic heterocycles. The number of hydrogen-bond donors (Lipinski definition) is 1. The van der Waals surface area contributed by atoms with Crippen molar-refractivity contribution < 1.29 is 0 Å². The minimum atomic E-state index is 0.730. The first-order chi connectivity index (χ1) is 8.79. The van der Waals surface area contributed by atoms with Gasteiger partial charge in [-0.3, -0.25) is 0 Å². The monoisotopic (exact) mass is 246 g/mol. The molecule has 0 radical (unpaired) electrons. The largest absolute Gasteiger partial charge is 0.315 e. The molecule has 0 saturated carbocycles. The smallest absolute Gasteiger partial charge is 0.0218 e. The molecule has 2 nitrogen and oxygen atoms in total. The average Bonchev–Trinajstić information content (AvgIpc) is 2.46. The van der Waals surface area contributed by atoms with Crippen molar-refractivity contribution >= 4 is 0 Å². The van der Waals surface area contributed by atoms with E-state index in [9.17, 15) is 0 Å². The highest BCUT2D eigenvalue weighted by molar-refractivity contribution is 5.22. The predicted molar refractivity (Wildman–Crippen MR) is 78.0 cm³/mol. The molecule has 1 heterocycles. The standard InChI is InChI=1S/C16H26N2/c1-3-14-6-8-15(9-7-14)10-12-18(2)16-5-4-11-17-13-16/h6-9,16-17H,3-5,10-13H2,1-2H3. The highest BCUT2D eigenvalue weighted by Crippen LogP contribution is 2.10. The van der Waals surface area contributed by atoms with E-state index in [4.69, 9.17) is 0 Å². The molecule has 0 spiro atoms. The first kappa shape index (κ1) is 13.6. The first-order valence-corrected chi connectivity index (χ1v) is 7.28. The zero-order chi connectivity index (χ0) is 12.8. The van der Waals surface area contributed by atoms with E-state index in [2.05, 4.69) is 48.5 Å². The third kappa shape index (κ3) is 3.82. The Kier molecular flexibility index (Phi) is 5.21. The molecule has 0 amide bonds. The molecular formula is C16H26N2. The Hall–Kier alpha value is -0.860. The van der Waals surface area contributed by atoms with Gasteiger partial charge in [0, 0.05) is 19.1 Å². The number of benzene rings is 1. The third-order valence-corrected chi connectivity index (χ3v) is 4.08. The Labute approximate surface area is 111 Å². The minimum absolute atomic E-state index is 0.730. The average molecular weight is 246 g/mol. The summed E-state index contributed by atoms with van der Waals surface area (Å²) in [5, 5.41) is 3.49. The van der Waals surface area contributed by atoms with Gasteiger partial charge in [0.15, 0.2) is 0 Å². The van der Waals surface area contributed by atoms with Gasteiger partial charge in [-0.15, -0.1) is 0 Å². The Morgan fingerprint density at radius 1 is 1.22 bits per heavy atom. The summed E-state index contributed by atoms with van der Waals surface area (Å²) < 4.78 is 0. The molecule has 1 aliphatic heterocycles. The number of likely N-dealkylation sites (N-methyl/N-ethyl adjacent to an activating group) is 1. The van der Waals surface area contributed by atoms with Crippen LogP contribution in [0.1, 0.15) is 30.9 Å². The lowest BCUT2D eigenvalue weighted by Gasteiger charge is -2.31. The second-order valence-corrected chi connectivity index (χ2v) is 5.40. The van der Waals surface area contributed by atoms with Crippen molar-refractivity contribution in [3.05, 3.63) is 35.4 Å². The molecule has 1 aromatic carbocycles. The van der Waals surface area contributed by atoms with Gasteiger partial charge >= 0.3 is 0 Å². The fourth-order valence-corrected chi connectivity index (χ4v) is 2.64. The second kappa shape index (κ2) is 6.91. The maximum Gasteiger partial charge on any atom is 0.0218 e. The van der Waals surface area contributed by atoms with Gasteiger partial charge in [-0.1, -0.05) is 31.2 Å². The normalized spacial score (nSPS) is 20.3. The summed E-state index contributed by atoms with van der Waals surface area (Å²) >= 11 is 0. The molecule has 1 unspecified atom stereocenters. The molecule has 1 fully saturated rings. The molecule has 100 valence electrons. The molecule has 1 N–H and O–H groups in total. The van der Waals surface area contributed by atoms with E-state index in [0.717, 1.165) is 32.0 Å². The Morgan fingerprint density at radius 3 is 2.56 bits per heavy atom. The molecule has 2 rings (SSSR count). The maximum absolute atomic E-state index is 3.49. The lowest BCUT2D eigenvalue weighted by Crippen LogP contribution is -2.44. The molecule has 0 bridgehead atoms. The van der Waals surface area contributed by atoms with Crippen molar-refractivity contribution in [2.45, 2.75) is 38.6 Å². The van der Waals surface area contributed by atoms with E-state index in [1.807, 2.05) is 0 Å². The van der Waals surface area contributed by atoms with E-state index in [1.165, 1.54) is 30.5 Å².